The zero-order valence-electron chi connectivity index (χ0n) is 12.7. The molecule has 0 bridgehead atoms. The van der Waals surface area contributed by atoms with Crippen LogP contribution in [0.3, 0.4) is 0 Å². The van der Waals surface area contributed by atoms with Crippen molar-refractivity contribution >= 4 is 24.6 Å². The van der Waals surface area contributed by atoms with Crippen LogP contribution in [-0.4, -0.2) is 8.07 Å². The van der Waals surface area contributed by atoms with Crippen molar-refractivity contribution in [3.05, 3.63) is 69.6 Å². The van der Waals surface area contributed by atoms with Crippen LogP contribution in [0.4, 0.5) is 0 Å². The van der Waals surface area contributed by atoms with Gasteiger partial charge in [0.1, 0.15) is 0 Å². The first-order valence-corrected chi connectivity index (χ1v) is 11.4. The van der Waals surface area contributed by atoms with Crippen LogP contribution in [0.2, 0.25) is 19.6 Å². The summed E-state index contributed by atoms with van der Waals surface area (Å²) in [5.41, 5.74) is 6.25. The number of hydrogen-bond donors (Lipinski definition) is 0. The van der Waals surface area contributed by atoms with Crippen molar-refractivity contribution in [1.82, 2.24) is 0 Å². The Balaban J connectivity index is 2.25. The molecule has 0 fully saturated rings. The lowest BCUT2D eigenvalue weighted by molar-refractivity contribution is 1.26. The van der Waals surface area contributed by atoms with Gasteiger partial charge in [0.2, 0.25) is 0 Å². The minimum absolute atomic E-state index is 0.958. The Morgan fingerprint density at radius 1 is 1.15 bits per heavy atom. The predicted molar refractivity (Wildman–Crippen MR) is 94.0 cm³/mol. The van der Waals surface area contributed by atoms with E-state index in [1.165, 1.54) is 21.2 Å². The lowest BCUT2D eigenvalue weighted by Gasteiger charge is -2.17. The van der Waals surface area contributed by atoms with Crippen LogP contribution < -0.4 is 0 Å². The standard InChI is InChI=1S/C18H22SSi/c1-15-10-12-16(13-11-15)7-5-9-18(20(2,3)4)17-8-6-14-19-17/h5-6,8,10-14H,7H2,1-4H3. The van der Waals surface area contributed by atoms with Crippen molar-refractivity contribution in [3.63, 3.8) is 0 Å². The molecule has 0 nitrogen and oxygen atoms in total. The van der Waals surface area contributed by atoms with Crippen LogP contribution >= 0.6 is 11.3 Å². The molecule has 1 heterocycles. The van der Waals surface area contributed by atoms with E-state index in [2.05, 4.69) is 80.2 Å². The highest BCUT2D eigenvalue weighted by Gasteiger charge is 2.21. The summed E-state index contributed by atoms with van der Waals surface area (Å²) >= 11 is 1.82. The topological polar surface area (TPSA) is 0 Å². The van der Waals surface area contributed by atoms with Gasteiger partial charge in [0.25, 0.3) is 0 Å². The molecule has 0 saturated carbocycles. The van der Waals surface area contributed by atoms with Gasteiger partial charge < -0.3 is 0 Å². The van der Waals surface area contributed by atoms with Crippen molar-refractivity contribution < 1.29 is 0 Å². The lowest BCUT2D eigenvalue weighted by Crippen LogP contribution is -2.21. The quantitative estimate of drug-likeness (QED) is 0.500. The van der Waals surface area contributed by atoms with Gasteiger partial charge in [-0.05, 0) is 41.6 Å². The van der Waals surface area contributed by atoms with Crippen LogP contribution in [-0.2, 0) is 6.42 Å². The molecular weight excluding hydrogens is 276 g/mol. The zero-order valence-corrected chi connectivity index (χ0v) is 14.6. The first-order valence-electron chi connectivity index (χ1n) is 7.02. The van der Waals surface area contributed by atoms with Crippen molar-refractivity contribution in [3.8, 4) is 0 Å². The Morgan fingerprint density at radius 3 is 2.40 bits per heavy atom. The summed E-state index contributed by atoms with van der Waals surface area (Å²) in [6, 6.07) is 13.1. The summed E-state index contributed by atoms with van der Waals surface area (Å²) in [6.45, 7) is 9.28. The highest BCUT2D eigenvalue weighted by Crippen LogP contribution is 2.28. The van der Waals surface area contributed by atoms with Gasteiger partial charge in [-0.2, -0.15) is 0 Å². The van der Waals surface area contributed by atoms with Gasteiger partial charge in [0, 0.05) is 4.88 Å². The lowest BCUT2D eigenvalue weighted by atomic mass is 10.1. The molecule has 2 rings (SSSR count). The summed E-state index contributed by atoms with van der Waals surface area (Å²) in [4.78, 5) is 1.38. The minimum Gasteiger partial charge on any atom is -0.144 e. The van der Waals surface area contributed by atoms with E-state index in [-0.39, 0.29) is 0 Å². The van der Waals surface area contributed by atoms with E-state index >= 15 is 0 Å². The van der Waals surface area contributed by atoms with Crippen LogP contribution in [0.5, 0.6) is 0 Å². The van der Waals surface area contributed by atoms with E-state index in [9.17, 15) is 0 Å². The molecule has 0 spiro atoms. The fourth-order valence-corrected chi connectivity index (χ4v) is 5.16. The number of allylic oxidation sites excluding steroid dienone is 1. The smallest absolute Gasteiger partial charge is 0.0894 e. The molecule has 0 radical (unpaired) electrons. The molecule has 0 atom stereocenters. The molecule has 1 aromatic heterocycles. The highest BCUT2D eigenvalue weighted by molar-refractivity contribution is 7.14. The Labute approximate surface area is 127 Å². The number of hydrogen-bond acceptors (Lipinski definition) is 1. The Hall–Kier alpha value is -1.34. The van der Waals surface area contributed by atoms with Crippen LogP contribution in [0, 0.1) is 6.92 Å². The van der Waals surface area contributed by atoms with Gasteiger partial charge in [0.15, 0.2) is 0 Å². The summed E-state index contributed by atoms with van der Waals surface area (Å²) in [5, 5.41) is 3.58. The first-order chi connectivity index (χ1) is 9.47. The third-order valence-electron chi connectivity index (χ3n) is 3.22. The maximum atomic E-state index is 3.59. The van der Waals surface area contributed by atoms with Gasteiger partial charge >= 0.3 is 0 Å². The summed E-state index contributed by atoms with van der Waals surface area (Å²) in [7, 11) is -1.35. The van der Waals surface area contributed by atoms with Crippen molar-refractivity contribution in [2.75, 3.05) is 0 Å². The summed E-state index contributed by atoms with van der Waals surface area (Å²) in [6.07, 6.45) is 3.15. The second-order valence-corrected chi connectivity index (χ2v) is 12.1. The van der Waals surface area contributed by atoms with E-state index in [1.807, 2.05) is 11.3 Å². The molecule has 0 saturated heterocycles. The Morgan fingerprint density at radius 2 is 1.85 bits per heavy atom. The van der Waals surface area contributed by atoms with Gasteiger partial charge in [0.05, 0.1) is 8.07 Å². The van der Waals surface area contributed by atoms with E-state index in [0.717, 1.165) is 6.42 Å². The molecular formula is C18H22SSi. The summed E-state index contributed by atoms with van der Waals surface area (Å²) < 4.78 is 0. The van der Waals surface area contributed by atoms with Gasteiger partial charge in [-0.1, -0.05) is 55.5 Å². The molecule has 2 heteroatoms. The second-order valence-electron chi connectivity index (χ2n) is 6.14. The molecule has 20 heavy (non-hydrogen) atoms. The van der Waals surface area contributed by atoms with E-state index < -0.39 is 8.07 Å². The Kier molecular flexibility index (Phi) is 4.82. The van der Waals surface area contributed by atoms with E-state index in [1.54, 1.807) is 0 Å². The third-order valence-corrected chi connectivity index (χ3v) is 6.20. The van der Waals surface area contributed by atoms with Crippen molar-refractivity contribution in [2.24, 2.45) is 0 Å². The number of thiophene rings is 1. The van der Waals surface area contributed by atoms with E-state index in [0.29, 0.717) is 0 Å². The molecule has 104 valence electrons. The number of rotatable bonds is 4. The predicted octanol–water partition coefficient (Wildman–Crippen LogP) is 5.72. The van der Waals surface area contributed by atoms with Gasteiger partial charge in [-0.25, -0.2) is 0 Å². The molecule has 0 N–H and O–H groups in total. The SMILES string of the molecule is Cc1ccc(CC=C=C(c2cccs2)[Si](C)(C)C)cc1. The monoisotopic (exact) mass is 298 g/mol. The molecule has 0 aliphatic carbocycles. The number of aryl methyl sites for hydroxylation is 1. The van der Waals surface area contributed by atoms with Crippen LogP contribution in [0.25, 0.3) is 5.20 Å². The normalized spacial score (nSPS) is 11.0. The molecule has 0 amide bonds. The van der Waals surface area contributed by atoms with E-state index in [4.69, 9.17) is 0 Å². The molecule has 0 aliphatic rings. The Bertz CT molecular complexity index is 606. The van der Waals surface area contributed by atoms with Crippen molar-refractivity contribution in [1.29, 1.82) is 0 Å². The minimum atomic E-state index is -1.35. The number of benzene rings is 1. The zero-order chi connectivity index (χ0) is 14.6. The first kappa shape index (κ1) is 15.1. The van der Waals surface area contributed by atoms with Crippen LogP contribution in [0.15, 0.2) is 53.6 Å². The van der Waals surface area contributed by atoms with Crippen molar-refractivity contribution in [2.45, 2.75) is 33.0 Å². The highest BCUT2D eigenvalue weighted by atomic mass is 32.1. The van der Waals surface area contributed by atoms with Gasteiger partial charge in [-0.15, -0.1) is 17.1 Å². The molecule has 0 unspecified atom stereocenters. The maximum absolute atomic E-state index is 3.59. The second kappa shape index (κ2) is 6.40. The molecule has 2 aromatic rings. The van der Waals surface area contributed by atoms with Gasteiger partial charge in [-0.3, -0.25) is 0 Å². The largest absolute Gasteiger partial charge is 0.144 e. The van der Waals surface area contributed by atoms with Crippen LogP contribution in [0.1, 0.15) is 16.0 Å². The fourth-order valence-electron chi connectivity index (χ4n) is 2.07. The summed E-state index contributed by atoms with van der Waals surface area (Å²) in [5.74, 6) is 0. The average molecular weight is 299 g/mol. The molecule has 0 aliphatic heterocycles. The maximum Gasteiger partial charge on any atom is 0.0894 e. The fraction of sp³-hybridized carbons (Fsp3) is 0.278. The molecule has 1 aromatic carbocycles. The third kappa shape index (κ3) is 4.07. The average Bonchev–Trinajstić information content (AvgIpc) is 2.88.